The highest BCUT2D eigenvalue weighted by Crippen LogP contribution is 2.27. The van der Waals surface area contributed by atoms with E-state index < -0.39 is 0 Å². The number of amides is 1. The molecule has 1 amide bonds. The normalized spacial score (nSPS) is 11.0. The van der Waals surface area contributed by atoms with E-state index in [0.717, 1.165) is 16.5 Å². The predicted octanol–water partition coefficient (Wildman–Crippen LogP) is 5.66. The number of anilines is 1. The zero-order valence-corrected chi connectivity index (χ0v) is 19.1. The van der Waals surface area contributed by atoms with Crippen LogP contribution in [0.15, 0.2) is 54.9 Å². The zero-order chi connectivity index (χ0) is 22.7. The molecule has 9 heteroatoms. The highest BCUT2D eigenvalue weighted by molar-refractivity contribution is 6.36. The van der Waals surface area contributed by atoms with E-state index >= 15 is 0 Å². The molecule has 0 fully saturated rings. The number of nitrogen functional groups attached to an aromatic ring is 1. The van der Waals surface area contributed by atoms with Crippen LogP contribution in [0, 0.1) is 0 Å². The molecule has 4 N–H and O–H groups in total. The molecule has 6 nitrogen and oxygen atoms in total. The summed E-state index contributed by atoms with van der Waals surface area (Å²) in [5.74, 6) is 0.158. The highest BCUT2D eigenvalue weighted by atomic mass is 35.5. The molecular formula is C23H19Cl3N4O2. The monoisotopic (exact) mass is 488 g/mol. The Balaban J connectivity index is 1.40. The number of nitrogens with one attached hydrogen (secondary N) is 2. The van der Waals surface area contributed by atoms with Crippen LogP contribution in [0.25, 0.3) is 10.9 Å². The van der Waals surface area contributed by atoms with Gasteiger partial charge in [-0.1, -0.05) is 40.9 Å². The van der Waals surface area contributed by atoms with E-state index in [9.17, 15) is 4.79 Å². The molecule has 0 atom stereocenters. The molecule has 0 radical (unpaired) electrons. The Labute approximate surface area is 199 Å². The molecule has 0 bridgehead atoms. The van der Waals surface area contributed by atoms with Gasteiger partial charge >= 0.3 is 0 Å². The number of benzene rings is 2. The van der Waals surface area contributed by atoms with Crippen molar-refractivity contribution < 1.29 is 9.53 Å². The van der Waals surface area contributed by atoms with Crippen molar-refractivity contribution in [2.24, 2.45) is 0 Å². The molecular weight excluding hydrogens is 471 g/mol. The van der Waals surface area contributed by atoms with Crippen LogP contribution in [-0.4, -0.2) is 22.4 Å². The maximum absolute atomic E-state index is 12.7. The molecule has 2 aromatic heterocycles. The van der Waals surface area contributed by atoms with Gasteiger partial charge in [-0.15, -0.1) is 0 Å². The fourth-order valence-corrected chi connectivity index (χ4v) is 3.98. The van der Waals surface area contributed by atoms with Gasteiger partial charge in [0.25, 0.3) is 5.91 Å². The molecule has 0 saturated heterocycles. The van der Waals surface area contributed by atoms with Crippen molar-refractivity contribution in [3.63, 3.8) is 0 Å². The molecule has 164 valence electrons. The Morgan fingerprint density at radius 2 is 1.91 bits per heavy atom. The van der Waals surface area contributed by atoms with E-state index in [1.165, 1.54) is 6.20 Å². The largest absolute Gasteiger partial charge is 0.487 e. The summed E-state index contributed by atoms with van der Waals surface area (Å²) in [4.78, 5) is 20.0. The lowest BCUT2D eigenvalue weighted by Crippen LogP contribution is -2.26. The first kappa shape index (κ1) is 22.3. The summed E-state index contributed by atoms with van der Waals surface area (Å²) in [6.07, 6.45) is 3.99. The van der Waals surface area contributed by atoms with Crippen LogP contribution in [0.3, 0.4) is 0 Å². The van der Waals surface area contributed by atoms with Crippen LogP contribution < -0.4 is 15.8 Å². The number of carbonyl (C=O) groups excluding carboxylic acids is 1. The third-order valence-electron chi connectivity index (χ3n) is 4.99. The molecule has 0 aliphatic heterocycles. The fraction of sp³-hybridized carbons (Fsp3) is 0.130. The van der Waals surface area contributed by atoms with Gasteiger partial charge in [0.05, 0.1) is 11.8 Å². The van der Waals surface area contributed by atoms with Crippen molar-refractivity contribution in [2.45, 2.75) is 13.0 Å². The van der Waals surface area contributed by atoms with Crippen LogP contribution in [-0.2, 0) is 13.0 Å². The first-order valence-electron chi connectivity index (χ1n) is 9.77. The van der Waals surface area contributed by atoms with Gasteiger partial charge in [0.2, 0.25) is 0 Å². The van der Waals surface area contributed by atoms with Crippen molar-refractivity contribution in [1.29, 1.82) is 0 Å². The summed E-state index contributed by atoms with van der Waals surface area (Å²) < 4.78 is 5.74. The molecule has 0 spiro atoms. The Kier molecular flexibility index (Phi) is 6.74. The molecule has 2 aromatic carbocycles. The van der Waals surface area contributed by atoms with Crippen molar-refractivity contribution in [3.05, 3.63) is 86.6 Å². The van der Waals surface area contributed by atoms with E-state index in [2.05, 4.69) is 15.3 Å². The summed E-state index contributed by atoms with van der Waals surface area (Å²) in [6.45, 7) is 0.548. The number of halogens is 3. The van der Waals surface area contributed by atoms with E-state index in [1.807, 2.05) is 24.4 Å². The number of aromatic nitrogens is 2. The number of pyridine rings is 1. The summed E-state index contributed by atoms with van der Waals surface area (Å²) in [7, 11) is 0. The summed E-state index contributed by atoms with van der Waals surface area (Å²) in [6, 6.07) is 12.4. The van der Waals surface area contributed by atoms with E-state index in [4.69, 9.17) is 45.3 Å². The van der Waals surface area contributed by atoms with Crippen LogP contribution in [0.4, 0.5) is 5.82 Å². The summed E-state index contributed by atoms with van der Waals surface area (Å²) in [5.41, 5.74) is 8.85. The first-order valence-corrected chi connectivity index (χ1v) is 10.9. The summed E-state index contributed by atoms with van der Waals surface area (Å²) in [5, 5.41) is 5.56. The number of fused-ring (bicyclic) bond motifs is 1. The van der Waals surface area contributed by atoms with Gasteiger partial charge in [0.15, 0.2) is 0 Å². The lowest BCUT2D eigenvalue weighted by atomic mass is 10.1. The molecule has 4 aromatic rings. The average Bonchev–Trinajstić information content (AvgIpc) is 3.16. The second kappa shape index (κ2) is 9.69. The van der Waals surface area contributed by atoms with Crippen molar-refractivity contribution >= 4 is 57.4 Å². The van der Waals surface area contributed by atoms with Crippen molar-refractivity contribution in [2.75, 3.05) is 12.3 Å². The smallest absolute Gasteiger partial charge is 0.255 e. The molecule has 0 unspecified atom stereocenters. The maximum atomic E-state index is 12.7. The molecule has 32 heavy (non-hydrogen) atoms. The lowest BCUT2D eigenvalue weighted by molar-refractivity contribution is 0.0954. The van der Waals surface area contributed by atoms with Gasteiger partial charge in [0.1, 0.15) is 18.2 Å². The number of carbonyl (C=O) groups is 1. The van der Waals surface area contributed by atoms with Crippen LogP contribution in [0.1, 0.15) is 21.5 Å². The van der Waals surface area contributed by atoms with E-state index in [1.54, 1.807) is 24.3 Å². The topological polar surface area (TPSA) is 93.0 Å². The van der Waals surface area contributed by atoms with Gasteiger partial charge in [-0.25, -0.2) is 4.98 Å². The van der Waals surface area contributed by atoms with Crippen molar-refractivity contribution in [3.8, 4) is 5.75 Å². The van der Waals surface area contributed by atoms with Gasteiger partial charge in [-0.3, -0.25) is 4.79 Å². The van der Waals surface area contributed by atoms with Crippen molar-refractivity contribution in [1.82, 2.24) is 15.3 Å². The predicted molar refractivity (Wildman–Crippen MR) is 129 cm³/mol. The minimum atomic E-state index is -0.339. The highest BCUT2D eigenvalue weighted by Gasteiger charge is 2.14. The quantitative estimate of drug-likeness (QED) is 0.312. The Morgan fingerprint density at radius 1 is 1.12 bits per heavy atom. The molecule has 4 rings (SSSR count). The van der Waals surface area contributed by atoms with E-state index in [-0.39, 0.29) is 23.9 Å². The molecule has 0 saturated carbocycles. The number of hydrogen-bond donors (Lipinski definition) is 3. The number of nitrogens with zero attached hydrogens (tertiary/aromatic N) is 1. The van der Waals surface area contributed by atoms with E-state index in [0.29, 0.717) is 39.3 Å². The number of nitrogens with two attached hydrogens (primary N) is 1. The number of hydrogen-bond acceptors (Lipinski definition) is 4. The fourth-order valence-electron chi connectivity index (χ4n) is 3.31. The number of H-pyrrole nitrogens is 1. The second-order valence-electron chi connectivity index (χ2n) is 7.10. The Bertz CT molecular complexity index is 1270. The SMILES string of the molecule is Nc1ncc(OCc2c(Cl)cccc2Cl)cc1C(=O)NCCc1c[nH]c2ccc(Cl)cc12. The summed E-state index contributed by atoms with van der Waals surface area (Å²) >= 11 is 18.4. The molecule has 2 heterocycles. The molecule has 0 aliphatic rings. The minimum Gasteiger partial charge on any atom is -0.487 e. The van der Waals surface area contributed by atoms with Gasteiger partial charge < -0.3 is 20.8 Å². The van der Waals surface area contributed by atoms with Gasteiger partial charge in [-0.2, -0.15) is 0 Å². The minimum absolute atomic E-state index is 0.115. The number of aromatic amines is 1. The average molecular weight is 490 g/mol. The van der Waals surface area contributed by atoms with Gasteiger partial charge in [-0.05, 0) is 48.4 Å². The third kappa shape index (κ3) is 4.93. The van der Waals surface area contributed by atoms with Crippen LogP contribution >= 0.6 is 34.8 Å². The molecule has 0 aliphatic carbocycles. The maximum Gasteiger partial charge on any atom is 0.255 e. The van der Waals surface area contributed by atoms with Crippen LogP contribution in [0.2, 0.25) is 15.1 Å². The lowest BCUT2D eigenvalue weighted by Gasteiger charge is -2.12. The number of ether oxygens (including phenoxy) is 1. The Hall–Kier alpha value is -2.93. The Morgan fingerprint density at radius 3 is 2.69 bits per heavy atom. The third-order valence-corrected chi connectivity index (χ3v) is 5.94. The zero-order valence-electron chi connectivity index (χ0n) is 16.8. The number of rotatable bonds is 7. The van der Waals surface area contributed by atoms with Crippen LogP contribution in [0.5, 0.6) is 5.75 Å². The standard InChI is InChI=1S/C23H19Cl3N4O2/c24-14-4-5-21-16(8-14)13(10-29-21)6-7-28-23(31)17-9-15(11-30-22(17)27)32-12-18-19(25)2-1-3-20(18)26/h1-5,8-11,29H,6-7,12H2,(H2,27,30)(H,28,31). The second-order valence-corrected chi connectivity index (χ2v) is 8.35. The van der Waals surface area contributed by atoms with Gasteiger partial charge in [0, 0.05) is 44.3 Å². The first-order chi connectivity index (χ1) is 15.4.